The number of amides is 1. The van der Waals surface area contributed by atoms with Crippen molar-refractivity contribution in [1.29, 1.82) is 0 Å². The van der Waals surface area contributed by atoms with E-state index in [1.807, 2.05) is 6.92 Å². The van der Waals surface area contributed by atoms with E-state index < -0.39 is 27.4 Å². The zero-order valence-corrected chi connectivity index (χ0v) is 20.6. The van der Waals surface area contributed by atoms with Crippen LogP contribution in [-0.4, -0.2) is 46.2 Å². The minimum Gasteiger partial charge on any atom is -0.493 e. The Hall–Kier alpha value is -4.45. The molecule has 1 N–H and O–H groups in total. The van der Waals surface area contributed by atoms with Gasteiger partial charge >= 0.3 is 0 Å². The molecule has 36 heavy (non-hydrogen) atoms. The largest absolute Gasteiger partial charge is 0.493 e. The van der Waals surface area contributed by atoms with Gasteiger partial charge in [-0.2, -0.15) is 5.10 Å². The molecule has 0 aliphatic heterocycles. The number of nitro groups is 1. The molecule has 11 nitrogen and oxygen atoms in total. The first-order valence-electron chi connectivity index (χ1n) is 10.5. The number of ether oxygens (including phenoxy) is 2. The van der Waals surface area contributed by atoms with Gasteiger partial charge in [0.2, 0.25) is 0 Å². The van der Waals surface area contributed by atoms with Crippen LogP contribution < -0.4 is 19.2 Å². The Bertz CT molecular complexity index is 1390. The summed E-state index contributed by atoms with van der Waals surface area (Å²) in [7, 11) is -1.38. The van der Waals surface area contributed by atoms with Gasteiger partial charge < -0.3 is 9.47 Å². The molecule has 188 valence electrons. The topological polar surface area (TPSA) is 140 Å². The fraction of sp³-hybridized carbons (Fsp3) is 0.167. The highest BCUT2D eigenvalue weighted by Gasteiger charge is 2.28. The van der Waals surface area contributed by atoms with E-state index in [1.54, 1.807) is 30.3 Å². The summed E-state index contributed by atoms with van der Waals surface area (Å²) in [6.07, 6.45) is 1.23. The van der Waals surface area contributed by atoms with Crippen LogP contribution >= 0.6 is 0 Å². The van der Waals surface area contributed by atoms with Gasteiger partial charge in [-0.05, 0) is 31.2 Å². The molecule has 0 atom stereocenters. The Morgan fingerprint density at radius 1 is 1.06 bits per heavy atom. The van der Waals surface area contributed by atoms with Crippen molar-refractivity contribution in [3.8, 4) is 11.5 Å². The number of methoxy groups -OCH3 is 2. The summed E-state index contributed by atoms with van der Waals surface area (Å²) in [5.41, 5.74) is 3.71. The Kier molecular flexibility index (Phi) is 8.22. The van der Waals surface area contributed by atoms with Gasteiger partial charge in [-0.3, -0.25) is 19.2 Å². The van der Waals surface area contributed by atoms with Crippen LogP contribution in [0.3, 0.4) is 0 Å². The van der Waals surface area contributed by atoms with E-state index in [1.165, 1.54) is 56.8 Å². The molecule has 0 aromatic heterocycles. The maximum absolute atomic E-state index is 13.6. The van der Waals surface area contributed by atoms with Crippen LogP contribution in [0.25, 0.3) is 0 Å². The van der Waals surface area contributed by atoms with Gasteiger partial charge in [0.05, 0.1) is 35.9 Å². The number of aryl methyl sites for hydroxylation is 1. The highest BCUT2D eigenvalue weighted by molar-refractivity contribution is 7.92. The number of nitro benzene ring substituents is 1. The quantitative estimate of drug-likeness (QED) is 0.250. The summed E-state index contributed by atoms with van der Waals surface area (Å²) in [4.78, 5) is 22.9. The van der Waals surface area contributed by atoms with Gasteiger partial charge in [0.25, 0.3) is 21.6 Å². The van der Waals surface area contributed by atoms with Crippen molar-refractivity contribution in [3.63, 3.8) is 0 Å². The number of hydrogen-bond acceptors (Lipinski definition) is 8. The smallest absolute Gasteiger partial charge is 0.270 e. The summed E-state index contributed by atoms with van der Waals surface area (Å²) in [5.74, 6) is -0.152. The molecular weight excluding hydrogens is 488 g/mol. The maximum Gasteiger partial charge on any atom is 0.270 e. The second kappa shape index (κ2) is 11.3. The van der Waals surface area contributed by atoms with E-state index in [0.29, 0.717) is 11.3 Å². The zero-order chi connectivity index (χ0) is 26.3. The molecule has 0 spiro atoms. The van der Waals surface area contributed by atoms with Gasteiger partial charge in [0, 0.05) is 23.8 Å². The van der Waals surface area contributed by atoms with Gasteiger partial charge in [0.1, 0.15) is 6.54 Å². The van der Waals surface area contributed by atoms with E-state index >= 15 is 0 Å². The molecule has 0 saturated heterocycles. The molecule has 1 amide bonds. The van der Waals surface area contributed by atoms with Crippen molar-refractivity contribution >= 4 is 33.5 Å². The molecule has 0 bridgehead atoms. The van der Waals surface area contributed by atoms with Gasteiger partial charge in [0.15, 0.2) is 11.5 Å². The lowest BCUT2D eigenvalue weighted by Gasteiger charge is -2.24. The van der Waals surface area contributed by atoms with Crippen molar-refractivity contribution in [2.45, 2.75) is 11.8 Å². The normalized spacial score (nSPS) is 11.2. The third kappa shape index (κ3) is 6.16. The van der Waals surface area contributed by atoms with Crippen molar-refractivity contribution in [1.82, 2.24) is 5.43 Å². The van der Waals surface area contributed by atoms with Crippen LogP contribution in [0.15, 0.2) is 76.7 Å². The van der Waals surface area contributed by atoms with E-state index in [9.17, 15) is 23.3 Å². The first kappa shape index (κ1) is 26.2. The van der Waals surface area contributed by atoms with Gasteiger partial charge in [-0.1, -0.05) is 29.8 Å². The lowest BCUT2D eigenvalue weighted by atomic mass is 10.2. The minimum atomic E-state index is -4.20. The van der Waals surface area contributed by atoms with Gasteiger partial charge in [-0.15, -0.1) is 0 Å². The lowest BCUT2D eigenvalue weighted by molar-refractivity contribution is -0.384. The second-order valence-corrected chi connectivity index (χ2v) is 9.37. The number of non-ortho nitro benzene ring substituents is 1. The number of hydrazone groups is 1. The Morgan fingerprint density at radius 3 is 2.39 bits per heavy atom. The Labute approximate surface area is 208 Å². The van der Waals surface area contributed by atoms with Crippen LogP contribution in [0.1, 0.15) is 11.1 Å². The van der Waals surface area contributed by atoms with Crippen LogP contribution in [0.4, 0.5) is 11.4 Å². The number of nitrogens with zero attached hydrogens (tertiary/aromatic N) is 3. The monoisotopic (exact) mass is 512 g/mol. The molecule has 3 rings (SSSR count). The van der Waals surface area contributed by atoms with E-state index in [0.717, 1.165) is 9.87 Å². The summed E-state index contributed by atoms with van der Waals surface area (Å²) < 4.78 is 38.5. The fourth-order valence-corrected chi connectivity index (χ4v) is 4.63. The molecule has 0 radical (unpaired) electrons. The average molecular weight is 513 g/mol. The molecule has 0 unspecified atom stereocenters. The Balaban J connectivity index is 1.87. The fourth-order valence-electron chi connectivity index (χ4n) is 3.19. The third-order valence-corrected chi connectivity index (χ3v) is 6.81. The van der Waals surface area contributed by atoms with Crippen LogP contribution in [0.2, 0.25) is 0 Å². The standard InChI is InChI=1S/C24H24N4O7S/c1-17-7-9-19(10-8-17)27(36(32,33)21-11-12-22(34-2)23(14-21)35-3)16-24(29)26-25-15-18-5-4-6-20(13-18)28(30)31/h4-15H,16H2,1-3H3,(H,26,29)/b25-15-. The molecule has 0 fully saturated rings. The highest BCUT2D eigenvalue weighted by atomic mass is 32.2. The average Bonchev–Trinajstić information content (AvgIpc) is 2.87. The number of anilines is 1. The van der Waals surface area contributed by atoms with Crippen molar-refractivity contribution < 1.29 is 27.6 Å². The van der Waals surface area contributed by atoms with Crippen molar-refractivity contribution in [3.05, 3.63) is 88.0 Å². The number of hydrogen-bond donors (Lipinski definition) is 1. The molecular formula is C24H24N4O7S. The number of carbonyl (C=O) groups is 1. The highest BCUT2D eigenvalue weighted by Crippen LogP contribution is 2.32. The number of benzene rings is 3. The number of nitrogens with one attached hydrogen (secondary N) is 1. The molecule has 0 aliphatic rings. The molecule has 0 heterocycles. The van der Waals surface area contributed by atoms with Crippen molar-refractivity contribution in [2.24, 2.45) is 5.10 Å². The van der Waals surface area contributed by atoms with Crippen LogP contribution in [-0.2, 0) is 14.8 Å². The molecule has 12 heteroatoms. The molecule has 0 saturated carbocycles. The summed E-state index contributed by atoms with van der Waals surface area (Å²) >= 11 is 0. The van der Waals surface area contributed by atoms with Crippen LogP contribution in [0.5, 0.6) is 11.5 Å². The Morgan fingerprint density at radius 2 is 1.75 bits per heavy atom. The first-order valence-corrected chi connectivity index (χ1v) is 12.0. The van der Waals surface area contributed by atoms with E-state index in [4.69, 9.17) is 9.47 Å². The van der Waals surface area contributed by atoms with E-state index in [-0.39, 0.29) is 22.0 Å². The second-order valence-electron chi connectivity index (χ2n) is 7.51. The lowest BCUT2D eigenvalue weighted by Crippen LogP contribution is -2.39. The zero-order valence-electron chi connectivity index (χ0n) is 19.7. The summed E-state index contributed by atoms with van der Waals surface area (Å²) in [5, 5.41) is 14.7. The third-order valence-electron chi connectivity index (χ3n) is 5.04. The van der Waals surface area contributed by atoms with Crippen molar-refractivity contribution in [2.75, 3.05) is 25.1 Å². The molecule has 3 aromatic carbocycles. The first-order chi connectivity index (χ1) is 17.1. The maximum atomic E-state index is 13.6. The minimum absolute atomic E-state index is 0.103. The van der Waals surface area contributed by atoms with Gasteiger partial charge in [-0.25, -0.2) is 13.8 Å². The number of rotatable bonds is 10. The number of carbonyl (C=O) groups excluding carboxylic acids is 1. The molecule has 0 aliphatic carbocycles. The SMILES string of the molecule is COc1ccc(S(=O)(=O)N(CC(=O)N/N=C\c2cccc([N+](=O)[O-])c2)c2ccc(C)cc2)cc1OC. The van der Waals surface area contributed by atoms with E-state index in [2.05, 4.69) is 10.5 Å². The molecule has 3 aromatic rings. The van der Waals surface area contributed by atoms with Crippen LogP contribution in [0, 0.1) is 17.0 Å². The summed E-state index contributed by atoms with van der Waals surface area (Å²) in [6, 6.07) is 16.4. The predicted molar refractivity (Wildman–Crippen MR) is 134 cm³/mol. The number of sulfonamides is 1. The predicted octanol–water partition coefficient (Wildman–Crippen LogP) is 3.27. The summed E-state index contributed by atoms with van der Waals surface area (Å²) in [6.45, 7) is 1.28.